The standard InChI is InChI=1S/C18H15F2N3O4/c1-11(24)16-6-5-14(27-16)9-23-8-13(7-21-23)22-18(25)26-10-12-3-2-4-15(19)17(12)20/h2-8H,9-10H2,1H3,(H,22,25). The third-order valence-corrected chi connectivity index (χ3v) is 3.60. The highest BCUT2D eigenvalue weighted by Crippen LogP contribution is 2.14. The van der Waals surface area contributed by atoms with E-state index >= 15 is 0 Å². The zero-order valence-corrected chi connectivity index (χ0v) is 14.2. The van der Waals surface area contributed by atoms with Crippen molar-refractivity contribution in [1.82, 2.24) is 9.78 Å². The number of furan rings is 1. The molecule has 2 heterocycles. The predicted octanol–water partition coefficient (Wildman–Crippen LogP) is 3.75. The first kappa shape index (κ1) is 18.3. The molecule has 9 heteroatoms. The van der Waals surface area contributed by atoms with Crippen LogP contribution in [0, 0.1) is 11.6 Å². The Hall–Kier alpha value is -3.49. The first-order chi connectivity index (χ1) is 12.9. The lowest BCUT2D eigenvalue weighted by Crippen LogP contribution is -2.13. The summed E-state index contributed by atoms with van der Waals surface area (Å²) in [4.78, 5) is 23.0. The molecule has 0 saturated heterocycles. The number of carbonyl (C=O) groups excluding carboxylic acids is 2. The summed E-state index contributed by atoms with van der Waals surface area (Å²) in [5.74, 6) is -1.46. The SMILES string of the molecule is CC(=O)c1ccc(Cn2cc(NC(=O)OCc3cccc(F)c3F)cn2)o1. The molecule has 0 radical (unpaired) electrons. The van der Waals surface area contributed by atoms with Crippen LogP contribution < -0.4 is 5.32 Å². The maximum Gasteiger partial charge on any atom is 0.412 e. The maximum absolute atomic E-state index is 13.5. The van der Waals surface area contributed by atoms with Crippen LogP contribution in [0.25, 0.3) is 0 Å². The van der Waals surface area contributed by atoms with Crippen LogP contribution in [0.3, 0.4) is 0 Å². The van der Waals surface area contributed by atoms with Crippen molar-refractivity contribution in [3.05, 3.63) is 71.4 Å². The fourth-order valence-electron chi connectivity index (χ4n) is 2.28. The van der Waals surface area contributed by atoms with Gasteiger partial charge in [-0.2, -0.15) is 5.10 Å². The van der Waals surface area contributed by atoms with Gasteiger partial charge in [-0.25, -0.2) is 13.6 Å². The zero-order chi connectivity index (χ0) is 19.4. The Morgan fingerprint density at radius 2 is 2.07 bits per heavy atom. The van der Waals surface area contributed by atoms with Crippen molar-refractivity contribution < 1.29 is 27.5 Å². The number of ketones is 1. The average molecular weight is 375 g/mol. The summed E-state index contributed by atoms with van der Waals surface area (Å²) in [5.41, 5.74) is 0.276. The fourth-order valence-corrected chi connectivity index (χ4v) is 2.28. The van der Waals surface area contributed by atoms with Gasteiger partial charge in [0, 0.05) is 18.7 Å². The maximum atomic E-state index is 13.5. The van der Waals surface area contributed by atoms with Gasteiger partial charge in [0.25, 0.3) is 0 Å². The number of carbonyl (C=O) groups is 2. The molecular weight excluding hydrogens is 360 g/mol. The number of benzene rings is 1. The normalized spacial score (nSPS) is 10.6. The Morgan fingerprint density at radius 3 is 2.81 bits per heavy atom. The smallest absolute Gasteiger partial charge is 0.412 e. The lowest BCUT2D eigenvalue weighted by Gasteiger charge is -2.06. The highest BCUT2D eigenvalue weighted by Gasteiger charge is 2.12. The second kappa shape index (κ2) is 7.81. The first-order valence-corrected chi connectivity index (χ1v) is 7.91. The minimum Gasteiger partial charge on any atom is -0.456 e. The first-order valence-electron chi connectivity index (χ1n) is 7.91. The van der Waals surface area contributed by atoms with E-state index in [1.807, 2.05) is 0 Å². The zero-order valence-electron chi connectivity index (χ0n) is 14.2. The number of hydrogen-bond donors (Lipinski definition) is 1. The fraction of sp³-hybridized carbons (Fsp3) is 0.167. The molecule has 0 saturated carbocycles. The Kier molecular flexibility index (Phi) is 5.30. The highest BCUT2D eigenvalue weighted by molar-refractivity contribution is 5.91. The van der Waals surface area contributed by atoms with Crippen molar-refractivity contribution >= 4 is 17.6 Å². The molecule has 0 fully saturated rings. The Bertz CT molecular complexity index is 981. The number of aromatic nitrogens is 2. The molecule has 1 amide bonds. The van der Waals surface area contributed by atoms with Crippen molar-refractivity contribution in [2.45, 2.75) is 20.1 Å². The van der Waals surface area contributed by atoms with E-state index in [2.05, 4.69) is 10.4 Å². The number of hydrogen-bond acceptors (Lipinski definition) is 5. The molecule has 0 atom stereocenters. The third kappa shape index (κ3) is 4.57. The number of nitrogens with zero attached hydrogens (tertiary/aromatic N) is 2. The van der Waals surface area contributed by atoms with Crippen LogP contribution in [-0.4, -0.2) is 21.7 Å². The van der Waals surface area contributed by atoms with Crippen molar-refractivity contribution in [3.8, 4) is 0 Å². The molecule has 0 aliphatic heterocycles. The van der Waals surface area contributed by atoms with E-state index in [-0.39, 0.29) is 23.7 Å². The summed E-state index contributed by atoms with van der Waals surface area (Å²) < 4.78 is 38.3. The Morgan fingerprint density at radius 1 is 1.26 bits per heavy atom. The second-order valence-corrected chi connectivity index (χ2v) is 5.66. The van der Waals surface area contributed by atoms with Gasteiger partial charge in [-0.1, -0.05) is 12.1 Å². The quantitative estimate of drug-likeness (QED) is 0.663. The number of ether oxygens (including phenoxy) is 1. The summed E-state index contributed by atoms with van der Waals surface area (Å²) in [6.07, 6.45) is 2.08. The van der Waals surface area contributed by atoms with Crippen molar-refractivity contribution in [1.29, 1.82) is 0 Å². The molecule has 3 rings (SSSR count). The van der Waals surface area contributed by atoms with Crippen LogP contribution in [0.15, 0.2) is 47.1 Å². The number of halogens is 2. The van der Waals surface area contributed by atoms with E-state index in [0.717, 1.165) is 6.07 Å². The Labute approximate surface area is 152 Å². The minimum absolute atomic E-state index is 0.0695. The molecule has 0 bridgehead atoms. The molecular formula is C18H15F2N3O4. The Balaban J connectivity index is 1.54. The topological polar surface area (TPSA) is 86.4 Å². The molecule has 140 valence electrons. The van der Waals surface area contributed by atoms with Gasteiger partial charge in [0.1, 0.15) is 12.4 Å². The van der Waals surface area contributed by atoms with E-state index in [0.29, 0.717) is 11.4 Å². The van der Waals surface area contributed by atoms with Crippen LogP contribution in [0.2, 0.25) is 0 Å². The lowest BCUT2D eigenvalue weighted by atomic mass is 10.2. The predicted molar refractivity (Wildman–Crippen MR) is 90.2 cm³/mol. The number of rotatable bonds is 6. The molecule has 2 aromatic heterocycles. The summed E-state index contributed by atoms with van der Waals surface area (Å²) in [5, 5.41) is 6.48. The molecule has 0 spiro atoms. The van der Waals surface area contributed by atoms with Gasteiger partial charge in [0.15, 0.2) is 23.2 Å². The largest absolute Gasteiger partial charge is 0.456 e. The minimum atomic E-state index is -1.05. The van der Waals surface area contributed by atoms with Crippen LogP contribution in [0.5, 0.6) is 0 Å². The molecule has 1 N–H and O–H groups in total. The van der Waals surface area contributed by atoms with Crippen molar-refractivity contribution in [3.63, 3.8) is 0 Å². The van der Waals surface area contributed by atoms with Gasteiger partial charge in [-0.15, -0.1) is 0 Å². The number of Topliss-reactive ketones (excluding diaryl/α,β-unsaturated/α-hetero) is 1. The molecule has 1 aromatic carbocycles. The van der Waals surface area contributed by atoms with E-state index < -0.39 is 24.3 Å². The summed E-state index contributed by atoms with van der Waals surface area (Å²) in [6.45, 7) is 1.25. The molecule has 27 heavy (non-hydrogen) atoms. The number of amides is 1. The van der Waals surface area contributed by atoms with Gasteiger partial charge in [0.05, 0.1) is 18.4 Å². The van der Waals surface area contributed by atoms with Gasteiger partial charge in [0.2, 0.25) is 0 Å². The number of nitrogens with one attached hydrogen (secondary N) is 1. The van der Waals surface area contributed by atoms with E-state index in [4.69, 9.17) is 9.15 Å². The van der Waals surface area contributed by atoms with Gasteiger partial charge >= 0.3 is 6.09 Å². The molecule has 0 aliphatic rings. The van der Waals surface area contributed by atoms with Crippen LogP contribution in [-0.2, 0) is 17.9 Å². The third-order valence-electron chi connectivity index (χ3n) is 3.60. The van der Waals surface area contributed by atoms with E-state index in [1.165, 1.54) is 36.1 Å². The van der Waals surface area contributed by atoms with Crippen LogP contribution in [0.4, 0.5) is 19.3 Å². The van der Waals surface area contributed by atoms with Gasteiger partial charge in [-0.05, 0) is 18.2 Å². The molecule has 3 aromatic rings. The lowest BCUT2D eigenvalue weighted by molar-refractivity contribution is 0.0985. The molecule has 0 aliphatic carbocycles. The highest BCUT2D eigenvalue weighted by atomic mass is 19.2. The van der Waals surface area contributed by atoms with Crippen LogP contribution >= 0.6 is 0 Å². The number of anilines is 1. The average Bonchev–Trinajstić information content (AvgIpc) is 3.26. The second-order valence-electron chi connectivity index (χ2n) is 5.66. The van der Waals surface area contributed by atoms with Gasteiger partial charge in [-0.3, -0.25) is 14.8 Å². The summed E-state index contributed by atoms with van der Waals surface area (Å²) in [7, 11) is 0. The van der Waals surface area contributed by atoms with Gasteiger partial charge < -0.3 is 9.15 Å². The van der Waals surface area contributed by atoms with E-state index in [9.17, 15) is 18.4 Å². The van der Waals surface area contributed by atoms with E-state index in [1.54, 1.807) is 12.1 Å². The summed E-state index contributed by atoms with van der Waals surface area (Å²) in [6, 6.07) is 6.86. The van der Waals surface area contributed by atoms with Crippen molar-refractivity contribution in [2.75, 3.05) is 5.32 Å². The van der Waals surface area contributed by atoms with Crippen LogP contribution in [0.1, 0.15) is 28.8 Å². The summed E-state index contributed by atoms with van der Waals surface area (Å²) >= 11 is 0. The molecule has 7 nitrogen and oxygen atoms in total. The monoisotopic (exact) mass is 375 g/mol. The van der Waals surface area contributed by atoms with Crippen molar-refractivity contribution in [2.24, 2.45) is 0 Å². The molecule has 0 unspecified atom stereocenters.